The first-order valence-electron chi connectivity index (χ1n) is 5.36. The first-order chi connectivity index (χ1) is 6.52. The monoisotopic (exact) mass is 201 g/mol. The number of nitrogens with one attached hydrogen (secondary N) is 1. The van der Waals surface area contributed by atoms with Crippen LogP contribution in [-0.2, 0) is 9.53 Å². The summed E-state index contributed by atoms with van der Waals surface area (Å²) >= 11 is 0. The number of esters is 1. The van der Waals surface area contributed by atoms with E-state index >= 15 is 0 Å². The van der Waals surface area contributed by atoms with Gasteiger partial charge in [-0.1, -0.05) is 20.8 Å². The van der Waals surface area contributed by atoms with Crippen LogP contribution in [0.25, 0.3) is 0 Å². The van der Waals surface area contributed by atoms with Crippen LogP contribution < -0.4 is 5.32 Å². The maximum absolute atomic E-state index is 11.4. The minimum absolute atomic E-state index is 0.0187. The third kappa shape index (κ3) is 4.61. The lowest BCUT2D eigenvalue weighted by molar-refractivity contribution is -0.147. The van der Waals surface area contributed by atoms with Crippen molar-refractivity contribution in [3.63, 3.8) is 0 Å². The predicted octanol–water partition coefficient (Wildman–Crippen LogP) is 1.82. The van der Waals surface area contributed by atoms with Gasteiger partial charge in [0.15, 0.2) is 0 Å². The Kier molecular flexibility index (Phi) is 6.54. The second kappa shape index (κ2) is 6.82. The van der Waals surface area contributed by atoms with Crippen molar-refractivity contribution in [1.82, 2.24) is 5.32 Å². The normalized spacial score (nSPS) is 15.3. The molecule has 0 aliphatic heterocycles. The molecule has 0 aromatic rings. The number of rotatable bonds is 6. The largest absolute Gasteiger partial charge is 0.466 e. The fourth-order valence-electron chi connectivity index (χ4n) is 1.48. The average molecular weight is 201 g/mol. The van der Waals surface area contributed by atoms with Crippen LogP contribution in [0.5, 0.6) is 0 Å². The van der Waals surface area contributed by atoms with E-state index < -0.39 is 0 Å². The van der Waals surface area contributed by atoms with Crippen LogP contribution in [0.3, 0.4) is 0 Å². The Morgan fingerprint density at radius 1 is 1.36 bits per heavy atom. The van der Waals surface area contributed by atoms with E-state index in [1.807, 2.05) is 20.9 Å². The third-order valence-corrected chi connectivity index (χ3v) is 2.47. The van der Waals surface area contributed by atoms with Crippen LogP contribution in [0, 0.1) is 11.8 Å². The Bertz CT molecular complexity index is 169. The van der Waals surface area contributed by atoms with E-state index in [9.17, 15) is 4.79 Å². The zero-order valence-corrected chi connectivity index (χ0v) is 9.96. The van der Waals surface area contributed by atoms with Crippen LogP contribution in [0.4, 0.5) is 0 Å². The number of ether oxygens (including phenoxy) is 1. The molecule has 1 unspecified atom stereocenters. The van der Waals surface area contributed by atoms with Crippen molar-refractivity contribution in [2.24, 2.45) is 11.8 Å². The van der Waals surface area contributed by atoms with E-state index in [0.717, 1.165) is 6.42 Å². The Morgan fingerprint density at radius 2 is 1.93 bits per heavy atom. The lowest BCUT2D eigenvalue weighted by Crippen LogP contribution is -2.34. The van der Waals surface area contributed by atoms with Gasteiger partial charge in [0.2, 0.25) is 0 Å². The smallest absolute Gasteiger partial charge is 0.308 e. The van der Waals surface area contributed by atoms with Gasteiger partial charge in [-0.05, 0) is 26.3 Å². The van der Waals surface area contributed by atoms with Crippen LogP contribution in [0.1, 0.15) is 34.1 Å². The van der Waals surface area contributed by atoms with Gasteiger partial charge in [-0.25, -0.2) is 0 Å². The molecule has 0 aromatic heterocycles. The fraction of sp³-hybridized carbons (Fsp3) is 0.909. The zero-order valence-electron chi connectivity index (χ0n) is 9.96. The third-order valence-electron chi connectivity index (χ3n) is 2.47. The SMILES string of the molecule is CCOC(=O)C(C)C[C@H](NC)C(C)C. The molecule has 0 saturated heterocycles. The van der Waals surface area contributed by atoms with Gasteiger partial charge in [-0.15, -0.1) is 0 Å². The summed E-state index contributed by atoms with van der Waals surface area (Å²) in [6.45, 7) is 8.53. The molecule has 0 bridgehead atoms. The molecule has 0 saturated carbocycles. The maximum Gasteiger partial charge on any atom is 0.308 e. The fourth-order valence-corrected chi connectivity index (χ4v) is 1.48. The second-order valence-electron chi connectivity index (χ2n) is 4.03. The van der Waals surface area contributed by atoms with Crippen molar-refractivity contribution in [3.8, 4) is 0 Å². The lowest BCUT2D eigenvalue weighted by atomic mass is 9.94. The molecule has 14 heavy (non-hydrogen) atoms. The number of hydrogen-bond acceptors (Lipinski definition) is 3. The number of carbonyl (C=O) groups excluding carboxylic acids is 1. The van der Waals surface area contributed by atoms with Crippen LogP contribution in [0.2, 0.25) is 0 Å². The molecule has 0 aromatic carbocycles. The second-order valence-corrected chi connectivity index (χ2v) is 4.03. The van der Waals surface area contributed by atoms with Gasteiger partial charge in [-0.2, -0.15) is 0 Å². The van der Waals surface area contributed by atoms with E-state index in [0.29, 0.717) is 18.6 Å². The molecule has 0 heterocycles. The van der Waals surface area contributed by atoms with Gasteiger partial charge in [-0.3, -0.25) is 4.79 Å². The Balaban J connectivity index is 4.01. The first-order valence-corrected chi connectivity index (χ1v) is 5.36. The molecule has 0 spiro atoms. The minimum Gasteiger partial charge on any atom is -0.466 e. The van der Waals surface area contributed by atoms with Gasteiger partial charge in [0, 0.05) is 6.04 Å². The molecule has 0 rings (SSSR count). The number of hydrogen-bond donors (Lipinski definition) is 1. The summed E-state index contributed by atoms with van der Waals surface area (Å²) in [5.41, 5.74) is 0. The van der Waals surface area contributed by atoms with E-state index in [4.69, 9.17) is 4.74 Å². The summed E-state index contributed by atoms with van der Waals surface area (Å²) < 4.78 is 4.96. The van der Waals surface area contributed by atoms with Gasteiger partial charge < -0.3 is 10.1 Å². The molecule has 84 valence electrons. The molecule has 3 nitrogen and oxygen atoms in total. The molecule has 2 atom stereocenters. The van der Waals surface area contributed by atoms with Crippen molar-refractivity contribution >= 4 is 5.97 Å². The molecule has 0 amide bonds. The molecule has 3 heteroatoms. The van der Waals surface area contributed by atoms with Gasteiger partial charge in [0.1, 0.15) is 0 Å². The summed E-state index contributed by atoms with van der Waals surface area (Å²) in [6.07, 6.45) is 0.840. The predicted molar refractivity (Wildman–Crippen MR) is 58.1 cm³/mol. The van der Waals surface area contributed by atoms with Crippen LogP contribution >= 0.6 is 0 Å². The van der Waals surface area contributed by atoms with E-state index in [-0.39, 0.29) is 11.9 Å². The van der Waals surface area contributed by atoms with E-state index in [1.165, 1.54) is 0 Å². The Labute approximate surface area is 87.2 Å². The zero-order chi connectivity index (χ0) is 11.1. The summed E-state index contributed by atoms with van der Waals surface area (Å²) in [5, 5.41) is 3.22. The quantitative estimate of drug-likeness (QED) is 0.666. The van der Waals surface area contributed by atoms with Crippen molar-refractivity contribution in [2.45, 2.75) is 40.2 Å². The average Bonchev–Trinajstić information content (AvgIpc) is 2.13. The Morgan fingerprint density at radius 3 is 2.29 bits per heavy atom. The highest BCUT2D eigenvalue weighted by Gasteiger charge is 2.20. The lowest BCUT2D eigenvalue weighted by Gasteiger charge is -2.22. The van der Waals surface area contributed by atoms with E-state index in [2.05, 4.69) is 19.2 Å². The summed E-state index contributed by atoms with van der Waals surface area (Å²) in [5.74, 6) is 0.431. The van der Waals surface area contributed by atoms with Crippen LogP contribution in [-0.4, -0.2) is 25.7 Å². The van der Waals surface area contributed by atoms with E-state index in [1.54, 1.807) is 0 Å². The molecular weight excluding hydrogens is 178 g/mol. The topological polar surface area (TPSA) is 38.3 Å². The van der Waals surface area contributed by atoms with Crippen molar-refractivity contribution in [3.05, 3.63) is 0 Å². The molecule has 0 radical (unpaired) electrons. The number of carbonyl (C=O) groups is 1. The molecule has 0 aliphatic carbocycles. The molecule has 1 N–H and O–H groups in total. The van der Waals surface area contributed by atoms with Crippen molar-refractivity contribution in [1.29, 1.82) is 0 Å². The highest BCUT2D eigenvalue weighted by Crippen LogP contribution is 2.14. The first kappa shape index (κ1) is 13.4. The van der Waals surface area contributed by atoms with Crippen molar-refractivity contribution in [2.75, 3.05) is 13.7 Å². The van der Waals surface area contributed by atoms with Gasteiger partial charge in [0.05, 0.1) is 12.5 Å². The minimum atomic E-state index is -0.0894. The van der Waals surface area contributed by atoms with Gasteiger partial charge >= 0.3 is 5.97 Å². The summed E-state index contributed by atoms with van der Waals surface area (Å²) in [7, 11) is 1.93. The molecule has 0 fully saturated rings. The summed E-state index contributed by atoms with van der Waals surface area (Å²) in [6, 6.07) is 0.384. The maximum atomic E-state index is 11.4. The van der Waals surface area contributed by atoms with Gasteiger partial charge in [0.25, 0.3) is 0 Å². The molecular formula is C11H23NO2. The van der Waals surface area contributed by atoms with Crippen LogP contribution in [0.15, 0.2) is 0 Å². The summed E-state index contributed by atoms with van der Waals surface area (Å²) in [4.78, 5) is 11.4. The van der Waals surface area contributed by atoms with Crippen molar-refractivity contribution < 1.29 is 9.53 Å². The Hall–Kier alpha value is -0.570. The standard InChI is InChI=1S/C11H23NO2/c1-6-14-11(13)9(4)7-10(12-5)8(2)3/h8-10,12H,6-7H2,1-5H3/t9?,10-/m0/s1. The highest BCUT2D eigenvalue weighted by molar-refractivity contribution is 5.71. The highest BCUT2D eigenvalue weighted by atomic mass is 16.5. The molecule has 0 aliphatic rings.